The number of benzene rings is 4. The van der Waals surface area contributed by atoms with Crippen molar-refractivity contribution in [2.45, 2.75) is 12.8 Å². The Kier molecular flexibility index (Phi) is 6.98. The van der Waals surface area contributed by atoms with Gasteiger partial charge in [0.25, 0.3) is 5.56 Å². The van der Waals surface area contributed by atoms with Gasteiger partial charge in [-0.05, 0) is 42.5 Å². The zero-order valence-electron chi connectivity index (χ0n) is 19.7. The third-order valence-electron chi connectivity index (χ3n) is 5.77. The van der Waals surface area contributed by atoms with Crippen molar-refractivity contribution in [3.8, 4) is 17.1 Å². The van der Waals surface area contributed by atoms with Crippen molar-refractivity contribution >= 4 is 28.7 Å². The Balaban J connectivity index is 1.58. The van der Waals surface area contributed by atoms with Gasteiger partial charge in [-0.25, -0.2) is 4.98 Å². The fraction of sp³-hybridized carbons (Fsp3) is 0.0690. The number of para-hydroxylation sites is 2. The molecule has 0 bridgehead atoms. The lowest BCUT2D eigenvalue weighted by Crippen LogP contribution is -2.20. The Hall–Kier alpha value is -4.43. The number of hydrogen-bond donors (Lipinski definition) is 0. The van der Waals surface area contributed by atoms with Gasteiger partial charge in [-0.2, -0.15) is 22.9 Å². The van der Waals surface area contributed by atoms with E-state index in [9.17, 15) is 18.0 Å². The standard InChI is InChI=1S/C29H19ClF3N3O2/c30-24-13-4-1-9-21(24)18-38-26-15-6-2-8-20(26)17-34-36-27(19-10-7-11-22(16-19)29(31,32)33)35-25-14-5-3-12-23(25)28(36)37/h1-17H,18H2. The first-order valence-electron chi connectivity index (χ1n) is 11.5. The van der Waals surface area contributed by atoms with E-state index < -0.39 is 17.3 Å². The van der Waals surface area contributed by atoms with Crippen molar-refractivity contribution in [1.29, 1.82) is 0 Å². The Labute approximate surface area is 220 Å². The van der Waals surface area contributed by atoms with Crippen molar-refractivity contribution < 1.29 is 17.9 Å². The summed E-state index contributed by atoms with van der Waals surface area (Å²) in [5.74, 6) is 0.462. The van der Waals surface area contributed by atoms with E-state index in [-0.39, 0.29) is 23.4 Å². The van der Waals surface area contributed by atoms with E-state index in [1.807, 2.05) is 18.2 Å². The minimum atomic E-state index is -4.56. The summed E-state index contributed by atoms with van der Waals surface area (Å²) in [6, 6.07) is 25.6. The summed E-state index contributed by atoms with van der Waals surface area (Å²) in [5, 5.41) is 5.21. The van der Waals surface area contributed by atoms with E-state index in [0.717, 1.165) is 22.4 Å². The first-order valence-corrected chi connectivity index (χ1v) is 11.9. The molecule has 0 atom stereocenters. The zero-order valence-corrected chi connectivity index (χ0v) is 20.4. The van der Waals surface area contributed by atoms with Crippen LogP contribution in [0.5, 0.6) is 5.75 Å². The second-order valence-electron chi connectivity index (χ2n) is 8.31. The quantitative estimate of drug-likeness (QED) is 0.217. The van der Waals surface area contributed by atoms with Gasteiger partial charge in [0.05, 0.1) is 22.7 Å². The van der Waals surface area contributed by atoms with Crippen molar-refractivity contribution in [2.24, 2.45) is 5.10 Å². The maximum absolute atomic E-state index is 13.4. The molecule has 1 heterocycles. The molecule has 9 heteroatoms. The molecule has 5 aromatic rings. The van der Waals surface area contributed by atoms with Gasteiger partial charge < -0.3 is 4.74 Å². The van der Waals surface area contributed by atoms with E-state index >= 15 is 0 Å². The van der Waals surface area contributed by atoms with Crippen LogP contribution in [0.25, 0.3) is 22.3 Å². The molecule has 0 aliphatic rings. The van der Waals surface area contributed by atoms with Crippen LogP contribution in [0.3, 0.4) is 0 Å². The fourth-order valence-electron chi connectivity index (χ4n) is 3.86. The molecule has 5 nitrogen and oxygen atoms in total. The van der Waals surface area contributed by atoms with E-state index in [4.69, 9.17) is 16.3 Å². The van der Waals surface area contributed by atoms with Gasteiger partial charge >= 0.3 is 6.18 Å². The normalized spacial score (nSPS) is 11.8. The second-order valence-corrected chi connectivity index (χ2v) is 8.72. The number of halogens is 4. The molecule has 0 spiro atoms. The van der Waals surface area contributed by atoms with E-state index in [2.05, 4.69) is 10.1 Å². The molecule has 0 amide bonds. The topological polar surface area (TPSA) is 56.5 Å². The highest BCUT2D eigenvalue weighted by molar-refractivity contribution is 6.31. The largest absolute Gasteiger partial charge is 0.488 e. The molecule has 38 heavy (non-hydrogen) atoms. The number of fused-ring (bicyclic) bond motifs is 1. The van der Waals surface area contributed by atoms with E-state index in [1.165, 1.54) is 18.3 Å². The minimum Gasteiger partial charge on any atom is -0.488 e. The molecule has 0 unspecified atom stereocenters. The number of aromatic nitrogens is 2. The summed E-state index contributed by atoms with van der Waals surface area (Å²) in [6.45, 7) is 0.206. The summed E-state index contributed by atoms with van der Waals surface area (Å²) in [5.41, 5.74) is 0.417. The average molecular weight is 534 g/mol. The van der Waals surface area contributed by atoms with Crippen LogP contribution in [-0.4, -0.2) is 15.9 Å². The number of hydrogen-bond acceptors (Lipinski definition) is 4. The van der Waals surface area contributed by atoms with Gasteiger partial charge in [0, 0.05) is 21.7 Å². The summed E-state index contributed by atoms with van der Waals surface area (Å²) in [7, 11) is 0. The molecular weight excluding hydrogens is 515 g/mol. The van der Waals surface area contributed by atoms with Crippen molar-refractivity contribution in [3.05, 3.63) is 129 Å². The van der Waals surface area contributed by atoms with Gasteiger partial charge in [0.15, 0.2) is 5.82 Å². The van der Waals surface area contributed by atoms with Crippen LogP contribution in [0.2, 0.25) is 5.02 Å². The van der Waals surface area contributed by atoms with Crippen LogP contribution in [0, 0.1) is 0 Å². The summed E-state index contributed by atoms with van der Waals surface area (Å²) >= 11 is 6.23. The summed E-state index contributed by atoms with van der Waals surface area (Å²) in [4.78, 5) is 17.9. The van der Waals surface area contributed by atoms with Gasteiger partial charge in [-0.3, -0.25) is 4.79 Å². The molecule has 0 N–H and O–H groups in total. The maximum atomic E-state index is 13.4. The van der Waals surface area contributed by atoms with Gasteiger partial charge in [-0.1, -0.05) is 66.2 Å². The third kappa shape index (κ3) is 5.31. The van der Waals surface area contributed by atoms with Gasteiger partial charge in [0.2, 0.25) is 0 Å². The average Bonchev–Trinajstić information content (AvgIpc) is 2.92. The van der Waals surface area contributed by atoms with Crippen LogP contribution in [0.1, 0.15) is 16.7 Å². The predicted octanol–water partition coefficient (Wildman–Crippen LogP) is 7.20. The number of rotatable bonds is 6. The SMILES string of the molecule is O=c1c2ccccc2nc(-c2cccc(C(F)(F)F)c2)n1N=Cc1ccccc1OCc1ccccc1Cl. The summed E-state index contributed by atoms with van der Waals surface area (Å²) in [6.07, 6.45) is -3.14. The molecule has 0 radical (unpaired) electrons. The van der Waals surface area contributed by atoms with E-state index in [1.54, 1.807) is 54.6 Å². The van der Waals surface area contributed by atoms with Crippen molar-refractivity contribution in [2.75, 3.05) is 0 Å². The highest BCUT2D eigenvalue weighted by atomic mass is 35.5. The number of ether oxygens (including phenoxy) is 1. The Morgan fingerprint density at radius 1 is 0.921 bits per heavy atom. The zero-order chi connectivity index (χ0) is 26.7. The predicted molar refractivity (Wildman–Crippen MR) is 142 cm³/mol. The molecule has 0 saturated carbocycles. The Morgan fingerprint density at radius 2 is 1.66 bits per heavy atom. The molecule has 0 aliphatic carbocycles. The summed E-state index contributed by atoms with van der Waals surface area (Å²) < 4.78 is 47.2. The fourth-order valence-corrected chi connectivity index (χ4v) is 4.05. The molecule has 0 saturated heterocycles. The molecule has 190 valence electrons. The highest BCUT2D eigenvalue weighted by Crippen LogP contribution is 2.32. The monoisotopic (exact) mass is 533 g/mol. The van der Waals surface area contributed by atoms with E-state index in [0.29, 0.717) is 21.9 Å². The molecule has 4 aromatic carbocycles. The molecule has 0 aliphatic heterocycles. The molecule has 1 aromatic heterocycles. The van der Waals surface area contributed by atoms with Gasteiger partial charge in [0.1, 0.15) is 12.4 Å². The lowest BCUT2D eigenvalue weighted by molar-refractivity contribution is -0.137. The smallest absolute Gasteiger partial charge is 0.416 e. The lowest BCUT2D eigenvalue weighted by atomic mass is 10.1. The van der Waals surface area contributed by atoms with Gasteiger partial charge in [-0.15, -0.1) is 0 Å². The van der Waals surface area contributed by atoms with Crippen LogP contribution in [0.4, 0.5) is 13.2 Å². The van der Waals surface area contributed by atoms with Crippen molar-refractivity contribution in [1.82, 2.24) is 9.66 Å². The second kappa shape index (κ2) is 10.5. The first kappa shape index (κ1) is 25.2. The van der Waals surface area contributed by atoms with Crippen LogP contribution in [0.15, 0.2) is 107 Å². The third-order valence-corrected chi connectivity index (χ3v) is 6.14. The molecule has 5 rings (SSSR count). The first-order chi connectivity index (χ1) is 18.3. The Morgan fingerprint density at radius 3 is 2.47 bits per heavy atom. The lowest BCUT2D eigenvalue weighted by Gasteiger charge is -2.12. The minimum absolute atomic E-state index is 0.0227. The van der Waals surface area contributed by atoms with Crippen LogP contribution in [-0.2, 0) is 12.8 Å². The maximum Gasteiger partial charge on any atom is 0.416 e. The molecule has 0 fully saturated rings. The number of alkyl halides is 3. The van der Waals surface area contributed by atoms with Crippen LogP contribution >= 0.6 is 11.6 Å². The number of nitrogens with zero attached hydrogens (tertiary/aromatic N) is 3. The highest BCUT2D eigenvalue weighted by Gasteiger charge is 2.31. The van der Waals surface area contributed by atoms with Crippen molar-refractivity contribution in [3.63, 3.8) is 0 Å². The Bertz CT molecular complexity index is 1710. The molecular formula is C29H19ClF3N3O2. The van der Waals surface area contributed by atoms with Crippen LogP contribution < -0.4 is 10.3 Å².